The van der Waals surface area contributed by atoms with Crippen LogP contribution in [0.25, 0.3) is 6.08 Å². The average molecular weight is 528 g/mol. The molecule has 0 aromatic heterocycles. The van der Waals surface area contributed by atoms with Gasteiger partial charge in [-0.25, -0.2) is 4.99 Å². The van der Waals surface area contributed by atoms with Crippen LogP contribution in [0.5, 0.6) is 5.75 Å². The highest BCUT2D eigenvalue weighted by Gasteiger charge is 2.41. The molecule has 1 amide bonds. The van der Waals surface area contributed by atoms with Crippen molar-refractivity contribution >= 4 is 40.3 Å². The zero-order valence-corrected chi connectivity index (χ0v) is 22.0. The molecule has 38 heavy (non-hydrogen) atoms. The number of hydrogen-bond donors (Lipinski definition) is 0. The molecular weight excluding hydrogens is 498 g/mol. The lowest BCUT2D eigenvalue weighted by Gasteiger charge is -2.35. The van der Waals surface area contributed by atoms with E-state index in [1.54, 1.807) is 12.1 Å². The number of amides is 1. The molecule has 0 N–H and O–H groups in total. The third-order valence-electron chi connectivity index (χ3n) is 6.96. The Hall–Kier alpha value is -3.91. The van der Waals surface area contributed by atoms with Crippen LogP contribution in [0.15, 0.2) is 88.8 Å². The summed E-state index contributed by atoms with van der Waals surface area (Å²) in [6.07, 6.45) is 6.27. The number of ether oxygens (including phenoxy) is 1. The summed E-state index contributed by atoms with van der Waals surface area (Å²) < 4.78 is 6.07. The van der Waals surface area contributed by atoms with Crippen molar-refractivity contribution in [1.82, 2.24) is 4.90 Å². The molecule has 0 radical (unpaired) electrons. The second-order valence-electron chi connectivity index (χ2n) is 9.59. The standard InChI is InChI=1S/C30H29N3O4S/c1-21-9-5-7-13-26(21)32-29(34)28(38-30(32)31-24-11-3-2-4-12-24)19-23-10-6-8-14-27(23)37-20-22-15-17-25(18-16-22)33(35)36/h2-4,6,8,10-12,14-19,21,26H,5,7,9,13,20H2,1H3/b28-19-,31-30?/t21-,26+/m0/s1. The Kier molecular flexibility index (Phi) is 7.89. The van der Waals surface area contributed by atoms with E-state index in [4.69, 9.17) is 9.73 Å². The molecule has 2 fully saturated rings. The first-order valence-corrected chi connectivity index (χ1v) is 13.6. The molecule has 2 atom stereocenters. The van der Waals surface area contributed by atoms with Crippen LogP contribution in [-0.2, 0) is 11.4 Å². The highest BCUT2D eigenvalue weighted by atomic mass is 32.2. The number of aliphatic imine (C=N–C) groups is 1. The molecule has 194 valence electrons. The van der Waals surface area contributed by atoms with E-state index in [2.05, 4.69) is 6.92 Å². The number of nitrogens with zero attached hydrogens (tertiary/aromatic N) is 3. The SMILES string of the molecule is C[C@H]1CCCC[C@H]1N1C(=O)/C(=C/c2ccccc2OCc2ccc([N+](=O)[O-])cc2)SC1=Nc1ccccc1. The Morgan fingerprint density at radius 2 is 1.74 bits per heavy atom. The van der Waals surface area contributed by atoms with E-state index in [9.17, 15) is 14.9 Å². The number of benzene rings is 3. The average Bonchev–Trinajstić information content (AvgIpc) is 3.23. The van der Waals surface area contributed by atoms with Gasteiger partial charge >= 0.3 is 0 Å². The zero-order valence-electron chi connectivity index (χ0n) is 21.2. The Labute approximate surface area is 226 Å². The molecule has 3 aromatic carbocycles. The highest BCUT2D eigenvalue weighted by molar-refractivity contribution is 8.18. The third kappa shape index (κ3) is 5.81. The van der Waals surface area contributed by atoms with Gasteiger partial charge in [0.05, 0.1) is 15.5 Å². The summed E-state index contributed by atoms with van der Waals surface area (Å²) in [4.78, 5) is 31.7. The highest BCUT2D eigenvalue weighted by Crippen LogP contribution is 2.40. The van der Waals surface area contributed by atoms with Crippen molar-refractivity contribution in [2.75, 3.05) is 0 Å². The fraction of sp³-hybridized carbons (Fsp3) is 0.267. The maximum atomic E-state index is 13.8. The summed E-state index contributed by atoms with van der Waals surface area (Å²) in [6.45, 7) is 2.48. The summed E-state index contributed by atoms with van der Waals surface area (Å²) in [7, 11) is 0. The maximum Gasteiger partial charge on any atom is 0.269 e. The van der Waals surface area contributed by atoms with E-state index in [0.29, 0.717) is 16.6 Å². The van der Waals surface area contributed by atoms with Gasteiger partial charge in [-0.2, -0.15) is 0 Å². The molecule has 1 heterocycles. The lowest BCUT2D eigenvalue weighted by atomic mass is 9.85. The molecule has 0 spiro atoms. The van der Waals surface area contributed by atoms with E-state index < -0.39 is 4.92 Å². The number of carbonyl (C=O) groups is 1. The molecule has 0 bridgehead atoms. The third-order valence-corrected chi connectivity index (χ3v) is 7.95. The van der Waals surface area contributed by atoms with Crippen molar-refractivity contribution in [3.63, 3.8) is 0 Å². The molecule has 1 saturated heterocycles. The molecule has 2 aliphatic rings. The Morgan fingerprint density at radius 3 is 2.47 bits per heavy atom. The van der Waals surface area contributed by atoms with Crippen LogP contribution in [-0.4, -0.2) is 26.9 Å². The molecule has 1 aliphatic heterocycles. The number of non-ortho nitro benzene ring substituents is 1. The van der Waals surface area contributed by atoms with Gasteiger partial charge in [-0.3, -0.25) is 19.8 Å². The van der Waals surface area contributed by atoms with Gasteiger partial charge in [0, 0.05) is 23.7 Å². The number of nitro benzene ring substituents is 1. The second-order valence-corrected chi connectivity index (χ2v) is 10.6. The normalized spacial score (nSPS) is 21.7. The number of carbonyl (C=O) groups excluding carboxylic acids is 1. The number of rotatable bonds is 7. The number of hydrogen-bond acceptors (Lipinski definition) is 6. The largest absolute Gasteiger partial charge is 0.488 e. The minimum Gasteiger partial charge on any atom is -0.488 e. The first kappa shape index (κ1) is 25.7. The van der Waals surface area contributed by atoms with Crippen LogP contribution in [0.2, 0.25) is 0 Å². The van der Waals surface area contributed by atoms with E-state index in [1.165, 1.54) is 30.3 Å². The number of amidine groups is 1. The lowest BCUT2D eigenvalue weighted by Crippen LogP contribution is -2.44. The van der Waals surface area contributed by atoms with Gasteiger partial charge < -0.3 is 4.74 Å². The van der Waals surface area contributed by atoms with Crippen LogP contribution in [0, 0.1) is 16.0 Å². The quantitative estimate of drug-likeness (QED) is 0.182. The smallest absolute Gasteiger partial charge is 0.269 e. The van der Waals surface area contributed by atoms with Gasteiger partial charge in [-0.05, 0) is 72.5 Å². The molecular formula is C30H29N3O4S. The second kappa shape index (κ2) is 11.6. The minimum absolute atomic E-state index is 0.0198. The molecule has 1 saturated carbocycles. The van der Waals surface area contributed by atoms with Crippen LogP contribution in [0.1, 0.15) is 43.7 Å². The minimum atomic E-state index is -0.422. The van der Waals surface area contributed by atoms with Crippen molar-refractivity contribution in [2.45, 2.75) is 45.3 Å². The van der Waals surface area contributed by atoms with Gasteiger partial charge in [0.2, 0.25) is 0 Å². The Bertz CT molecular complexity index is 1370. The van der Waals surface area contributed by atoms with Crippen molar-refractivity contribution in [1.29, 1.82) is 0 Å². The van der Waals surface area contributed by atoms with Gasteiger partial charge in [0.1, 0.15) is 12.4 Å². The zero-order chi connectivity index (χ0) is 26.5. The molecule has 0 unspecified atom stereocenters. The van der Waals surface area contributed by atoms with Gasteiger partial charge in [0.25, 0.3) is 11.6 Å². The van der Waals surface area contributed by atoms with Crippen LogP contribution < -0.4 is 4.74 Å². The van der Waals surface area contributed by atoms with E-state index in [-0.39, 0.29) is 24.2 Å². The molecule has 5 rings (SSSR count). The Balaban J connectivity index is 1.42. The maximum absolute atomic E-state index is 13.8. The predicted octanol–water partition coefficient (Wildman–Crippen LogP) is 7.36. The summed E-state index contributed by atoms with van der Waals surface area (Å²) in [5, 5.41) is 11.6. The fourth-order valence-electron chi connectivity index (χ4n) is 4.90. The number of para-hydroxylation sites is 2. The first-order valence-electron chi connectivity index (χ1n) is 12.8. The molecule has 7 nitrogen and oxygen atoms in total. The number of thioether (sulfide) groups is 1. The van der Waals surface area contributed by atoms with E-state index >= 15 is 0 Å². The Morgan fingerprint density at radius 1 is 1.03 bits per heavy atom. The summed E-state index contributed by atoms with van der Waals surface area (Å²) in [5.41, 5.74) is 2.48. The number of nitro groups is 1. The van der Waals surface area contributed by atoms with Gasteiger partial charge in [0.15, 0.2) is 5.17 Å². The monoisotopic (exact) mass is 527 g/mol. The topological polar surface area (TPSA) is 85.0 Å². The molecule has 3 aromatic rings. The summed E-state index contributed by atoms with van der Waals surface area (Å²) >= 11 is 1.41. The van der Waals surface area contributed by atoms with Crippen molar-refractivity contribution in [3.05, 3.63) is 105 Å². The van der Waals surface area contributed by atoms with Crippen molar-refractivity contribution in [2.24, 2.45) is 10.9 Å². The summed E-state index contributed by atoms with van der Waals surface area (Å²) in [6, 6.07) is 23.8. The van der Waals surface area contributed by atoms with Crippen molar-refractivity contribution < 1.29 is 14.5 Å². The lowest BCUT2D eigenvalue weighted by molar-refractivity contribution is -0.384. The van der Waals surface area contributed by atoms with E-state index in [0.717, 1.165) is 41.2 Å². The molecule has 8 heteroatoms. The van der Waals surface area contributed by atoms with Crippen molar-refractivity contribution in [3.8, 4) is 5.75 Å². The summed E-state index contributed by atoms with van der Waals surface area (Å²) in [5.74, 6) is 1.03. The first-order chi connectivity index (χ1) is 18.5. The van der Waals surface area contributed by atoms with Gasteiger partial charge in [-0.15, -0.1) is 0 Å². The fourth-order valence-corrected chi connectivity index (χ4v) is 5.93. The van der Waals surface area contributed by atoms with Crippen LogP contribution in [0.3, 0.4) is 0 Å². The molecule has 1 aliphatic carbocycles. The van der Waals surface area contributed by atoms with Gasteiger partial charge in [-0.1, -0.05) is 56.2 Å². The van der Waals surface area contributed by atoms with E-state index in [1.807, 2.05) is 65.6 Å². The van der Waals surface area contributed by atoms with Crippen LogP contribution >= 0.6 is 11.8 Å². The predicted molar refractivity (Wildman–Crippen MR) is 151 cm³/mol. The van der Waals surface area contributed by atoms with Crippen LogP contribution in [0.4, 0.5) is 11.4 Å².